The van der Waals surface area contributed by atoms with Gasteiger partial charge < -0.3 is 35.3 Å². The number of H-pyrrole nitrogens is 1. The van der Waals surface area contributed by atoms with E-state index < -0.39 is 18.2 Å². The fourth-order valence-corrected chi connectivity index (χ4v) is 7.49. The SMILES string of the molecule is O=C(NC(c1cccc(F)c1)c1cccc(OCCCCCCCCCNCC(O)c2ccc(O)c3[nH]c(=O)ccc23)c1)OC1CN2CCC1CC2. The number of phenolic OH excluding ortho intramolecular Hbond substituents is 1. The Hall–Kier alpha value is -4.45. The number of carbonyl (C=O) groups excluding carboxylic acids is 1. The summed E-state index contributed by atoms with van der Waals surface area (Å²) in [7, 11) is 0. The number of phenols is 1. The molecule has 0 spiro atoms. The summed E-state index contributed by atoms with van der Waals surface area (Å²) >= 11 is 0. The number of ether oxygens (including phenoxy) is 2. The number of aliphatic hydroxyl groups excluding tert-OH is 1. The molecule has 3 aliphatic heterocycles. The second-order valence-corrected chi connectivity index (χ2v) is 14.1. The number of aliphatic hydroxyl groups is 1. The zero-order valence-corrected chi connectivity index (χ0v) is 29.7. The number of piperidine rings is 3. The molecular weight excluding hydrogens is 663 g/mol. The number of nitrogens with zero attached hydrogens (tertiary/aromatic N) is 1. The van der Waals surface area contributed by atoms with E-state index in [2.05, 4.69) is 20.5 Å². The highest BCUT2D eigenvalue weighted by atomic mass is 19.1. The third-order valence-corrected chi connectivity index (χ3v) is 10.4. The normalized spacial score (nSPS) is 19.3. The predicted molar refractivity (Wildman–Crippen MR) is 199 cm³/mol. The zero-order valence-electron chi connectivity index (χ0n) is 29.7. The number of halogens is 1. The first-order chi connectivity index (χ1) is 25.3. The summed E-state index contributed by atoms with van der Waals surface area (Å²) in [4.78, 5) is 29.7. The van der Waals surface area contributed by atoms with Gasteiger partial charge in [0.25, 0.3) is 0 Å². The van der Waals surface area contributed by atoms with Crippen molar-refractivity contribution >= 4 is 17.0 Å². The van der Waals surface area contributed by atoms with E-state index in [4.69, 9.17) is 9.47 Å². The van der Waals surface area contributed by atoms with E-state index in [9.17, 15) is 24.2 Å². The van der Waals surface area contributed by atoms with Gasteiger partial charge in [0.15, 0.2) is 0 Å². The summed E-state index contributed by atoms with van der Waals surface area (Å²) < 4.78 is 26.3. The van der Waals surface area contributed by atoms with Crippen molar-refractivity contribution in [3.05, 3.63) is 106 Å². The quantitative estimate of drug-likeness (QED) is 0.0718. The smallest absolute Gasteiger partial charge is 0.408 e. The first-order valence-electron chi connectivity index (χ1n) is 18.8. The van der Waals surface area contributed by atoms with Crippen molar-refractivity contribution in [2.24, 2.45) is 5.92 Å². The molecule has 11 heteroatoms. The zero-order chi connectivity index (χ0) is 36.3. The third kappa shape index (κ3) is 10.1. The molecule has 2 bridgehead atoms. The molecule has 1 amide bonds. The van der Waals surface area contributed by atoms with Crippen LogP contribution in [0.25, 0.3) is 10.9 Å². The molecule has 3 aliphatic rings. The van der Waals surface area contributed by atoms with E-state index in [1.165, 1.54) is 24.3 Å². The number of alkyl carbamates (subject to hydrolysis) is 1. The Morgan fingerprint density at radius 3 is 2.40 bits per heavy atom. The molecule has 3 atom stereocenters. The van der Waals surface area contributed by atoms with Crippen LogP contribution in [0.15, 0.2) is 77.6 Å². The van der Waals surface area contributed by atoms with Crippen molar-refractivity contribution in [1.82, 2.24) is 20.5 Å². The summed E-state index contributed by atoms with van der Waals surface area (Å²) in [5, 5.41) is 27.7. The van der Waals surface area contributed by atoms with Gasteiger partial charge in [-0.3, -0.25) is 9.69 Å². The highest BCUT2D eigenvalue weighted by Crippen LogP contribution is 2.31. The molecule has 3 aromatic carbocycles. The maximum absolute atomic E-state index is 14.3. The number of hydrogen-bond acceptors (Lipinski definition) is 8. The molecule has 1 aromatic heterocycles. The second-order valence-electron chi connectivity index (χ2n) is 14.1. The predicted octanol–water partition coefficient (Wildman–Crippen LogP) is 6.72. The second kappa shape index (κ2) is 18.3. The minimum atomic E-state index is -0.756. The van der Waals surface area contributed by atoms with Gasteiger partial charge in [0.2, 0.25) is 5.56 Å². The van der Waals surface area contributed by atoms with Gasteiger partial charge in [0, 0.05) is 24.5 Å². The number of aromatic hydroxyl groups is 1. The Bertz CT molecular complexity index is 1830. The summed E-state index contributed by atoms with van der Waals surface area (Å²) in [6, 6.07) is 19.5. The first kappa shape index (κ1) is 37.3. The van der Waals surface area contributed by atoms with Gasteiger partial charge in [0.05, 0.1) is 24.3 Å². The number of nitrogens with one attached hydrogen (secondary N) is 3. The highest BCUT2D eigenvalue weighted by Gasteiger charge is 2.37. The summed E-state index contributed by atoms with van der Waals surface area (Å²) in [6.07, 6.45) is 8.24. The van der Waals surface area contributed by atoms with Crippen molar-refractivity contribution in [3.63, 3.8) is 0 Å². The molecule has 10 nitrogen and oxygen atoms in total. The van der Waals surface area contributed by atoms with Crippen LogP contribution in [0.3, 0.4) is 0 Å². The van der Waals surface area contributed by atoms with E-state index in [0.717, 1.165) is 89.5 Å². The average molecular weight is 715 g/mol. The maximum atomic E-state index is 14.3. The van der Waals surface area contributed by atoms with Crippen LogP contribution in [-0.4, -0.2) is 71.6 Å². The van der Waals surface area contributed by atoms with Crippen LogP contribution >= 0.6 is 0 Å². The molecule has 3 fully saturated rings. The lowest BCUT2D eigenvalue weighted by Gasteiger charge is -2.43. The van der Waals surface area contributed by atoms with Gasteiger partial charge >= 0.3 is 6.09 Å². The summed E-state index contributed by atoms with van der Waals surface area (Å²) in [6.45, 7) is 4.66. The summed E-state index contributed by atoms with van der Waals surface area (Å²) in [5.74, 6) is 0.717. The number of aromatic amines is 1. The van der Waals surface area contributed by atoms with Gasteiger partial charge in [-0.2, -0.15) is 0 Å². The van der Waals surface area contributed by atoms with Crippen LogP contribution in [0.1, 0.15) is 86.6 Å². The van der Waals surface area contributed by atoms with Crippen LogP contribution in [-0.2, 0) is 4.74 Å². The standard InChI is InChI=1S/C41H51FN4O6/c42-31-12-8-10-29(24-31)39(45-41(50)52-37-27-46-21-18-28(37)19-22-46)30-11-9-13-32(25-30)51-23-7-5-3-1-2-4-6-20-43-26-36(48)33-14-16-35(47)40-34(33)15-17-38(49)44-40/h8-17,24-25,28,36-37,39,43,47-48H,1-7,18-23,26-27H2,(H,44,49)(H,45,50). The molecule has 52 heavy (non-hydrogen) atoms. The topological polar surface area (TPSA) is 136 Å². The van der Waals surface area contributed by atoms with Gasteiger partial charge in [0.1, 0.15) is 23.4 Å². The number of hydrogen-bond donors (Lipinski definition) is 5. The number of unbranched alkanes of at least 4 members (excludes halogenated alkanes) is 6. The van der Waals surface area contributed by atoms with Crippen molar-refractivity contribution in [2.45, 2.75) is 76.0 Å². The Morgan fingerprint density at radius 1 is 0.923 bits per heavy atom. The van der Waals surface area contributed by atoms with Gasteiger partial charge in [-0.25, -0.2) is 9.18 Å². The Labute approximate surface area is 304 Å². The highest BCUT2D eigenvalue weighted by molar-refractivity contribution is 5.87. The maximum Gasteiger partial charge on any atom is 0.408 e. The number of benzene rings is 3. The molecule has 0 aliphatic carbocycles. The van der Waals surface area contributed by atoms with Crippen molar-refractivity contribution in [1.29, 1.82) is 0 Å². The molecule has 4 aromatic rings. The number of aromatic nitrogens is 1. The van der Waals surface area contributed by atoms with E-state index in [-0.39, 0.29) is 23.2 Å². The van der Waals surface area contributed by atoms with E-state index in [1.54, 1.807) is 18.2 Å². The van der Waals surface area contributed by atoms with Gasteiger partial charge in [-0.05, 0) is 104 Å². The molecule has 3 unspecified atom stereocenters. The molecule has 0 radical (unpaired) electrons. The monoisotopic (exact) mass is 714 g/mol. The molecule has 7 rings (SSSR count). The van der Waals surface area contributed by atoms with Crippen molar-refractivity contribution in [3.8, 4) is 11.5 Å². The lowest BCUT2D eigenvalue weighted by Crippen LogP contribution is -2.52. The molecule has 5 N–H and O–H groups in total. The van der Waals surface area contributed by atoms with Gasteiger partial charge in [-0.15, -0.1) is 0 Å². The molecule has 0 saturated carbocycles. The Morgan fingerprint density at radius 2 is 1.65 bits per heavy atom. The number of carbonyl (C=O) groups is 1. The summed E-state index contributed by atoms with van der Waals surface area (Å²) in [5.41, 5.74) is 2.13. The van der Waals surface area contributed by atoms with Crippen LogP contribution in [0, 0.1) is 11.7 Å². The van der Waals surface area contributed by atoms with Crippen LogP contribution < -0.4 is 20.9 Å². The largest absolute Gasteiger partial charge is 0.506 e. The van der Waals surface area contributed by atoms with Crippen LogP contribution in [0.2, 0.25) is 0 Å². The van der Waals surface area contributed by atoms with Crippen LogP contribution in [0.4, 0.5) is 9.18 Å². The Balaban J connectivity index is 0.873. The van der Waals surface area contributed by atoms with Crippen molar-refractivity contribution < 1.29 is 28.9 Å². The first-order valence-corrected chi connectivity index (χ1v) is 18.8. The lowest BCUT2D eigenvalue weighted by molar-refractivity contribution is -0.0336. The fraction of sp³-hybridized carbons (Fsp3) is 0.463. The van der Waals surface area contributed by atoms with E-state index >= 15 is 0 Å². The third-order valence-electron chi connectivity index (χ3n) is 10.4. The Kier molecular flexibility index (Phi) is 13.2. The minimum Gasteiger partial charge on any atom is -0.506 e. The molecular formula is C41H51FN4O6. The minimum absolute atomic E-state index is 0.0184. The lowest BCUT2D eigenvalue weighted by atomic mass is 9.86. The number of rotatable bonds is 18. The average Bonchev–Trinajstić information content (AvgIpc) is 3.15. The van der Waals surface area contributed by atoms with Crippen LogP contribution in [0.5, 0.6) is 11.5 Å². The van der Waals surface area contributed by atoms with E-state index in [0.29, 0.717) is 46.8 Å². The fourth-order valence-electron chi connectivity index (χ4n) is 7.49. The molecule has 278 valence electrons. The molecule has 3 saturated heterocycles. The number of fused-ring (bicyclic) bond motifs is 4. The van der Waals surface area contributed by atoms with Crippen molar-refractivity contribution in [2.75, 3.05) is 39.3 Å². The molecule has 4 heterocycles. The van der Waals surface area contributed by atoms with Gasteiger partial charge in [-0.1, -0.05) is 62.4 Å². The van der Waals surface area contributed by atoms with E-state index in [1.807, 2.05) is 30.3 Å². The number of pyridine rings is 1. The number of amides is 1.